The van der Waals surface area contributed by atoms with Crippen molar-refractivity contribution in [1.82, 2.24) is 9.78 Å². The van der Waals surface area contributed by atoms with Gasteiger partial charge in [0.25, 0.3) is 18.3 Å². The zero-order chi connectivity index (χ0) is 23.4. The van der Waals surface area contributed by atoms with Crippen LogP contribution in [0.4, 0.5) is 18.9 Å². The van der Waals surface area contributed by atoms with Gasteiger partial charge in [0.05, 0.1) is 5.02 Å². The molecule has 9 nitrogen and oxygen atoms in total. The van der Waals surface area contributed by atoms with E-state index in [-0.39, 0.29) is 35.3 Å². The Labute approximate surface area is 179 Å². The first-order chi connectivity index (χ1) is 14.4. The van der Waals surface area contributed by atoms with E-state index >= 15 is 0 Å². The van der Waals surface area contributed by atoms with E-state index in [1.54, 1.807) is 7.05 Å². The number of amidine groups is 1. The molecule has 168 valence electrons. The monoisotopic (exact) mass is 461 g/mol. The van der Waals surface area contributed by atoms with Crippen molar-refractivity contribution in [3.05, 3.63) is 46.5 Å². The van der Waals surface area contributed by atoms with Gasteiger partial charge in [0.1, 0.15) is 24.9 Å². The number of aromatic nitrogens is 2. The Morgan fingerprint density at radius 2 is 2.10 bits per heavy atom. The zero-order valence-corrected chi connectivity index (χ0v) is 17.2. The second-order valence-electron chi connectivity index (χ2n) is 6.63. The molecule has 0 saturated carbocycles. The number of alkyl halides is 2. The average molecular weight is 462 g/mol. The summed E-state index contributed by atoms with van der Waals surface area (Å²) in [4.78, 5) is 24.5. The van der Waals surface area contributed by atoms with Gasteiger partial charge in [-0.05, 0) is 25.1 Å². The van der Waals surface area contributed by atoms with Crippen LogP contribution in [0.1, 0.15) is 23.0 Å². The molecule has 0 unspecified atom stereocenters. The van der Waals surface area contributed by atoms with Gasteiger partial charge in [0.15, 0.2) is 11.2 Å². The fourth-order valence-electron chi connectivity index (χ4n) is 2.86. The van der Waals surface area contributed by atoms with Gasteiger partial charge in [-0.1, -0.05) is 11.6 Å². The summed E-state index contributed by atoms with van der Waals surface area (Å²) in [6.45, 7) is -0.456. The molecule has 2 heterocycles. The lowest BCUT2D eigenvalue weighted by atomic mass is 9.85. The minimum absolute atomic E-state index is 0.0586. The summed E-state index contributed by atoms with van der Waals surface area (Å²) in [5.41, 5.74) is 2.86. The van der Waals surface area contributed by atoms with E-state index in [4.69, 9.17) is 32.0 Å². The minimum atomic E-state index is -3.54. The molecule has 0 radical (unpaired) electrons. The highest BCUT2D eigenvalue weighted by atomic mass is 35.5. The molecule has 1 aliphatic heterocycles. The van der Waals surface area contributed by atoms with Gasteiger partial charge in [-0.2, -0.15) is 5.10 Å². The van der Waals surface area contributed by atoms with Crippen molar-refractivity contribution in [2.24, 2.45) is 17.8 Å². The van der Waals surface area contributed by atoms with Crippen LogP contribution in [0.25, 0.3) is 0 Å². The van der Waals surface area contributed by atoms with E-state index in [1.807, 2.05) is 0 Å². The van der Waals surface area contributed by atoms with Crippen LogP contribution in [0, 0.1) is 5.82 Å². The van der Waals surface area contributed by atoms with Gasteiger partial charge >= 0.3 is 0 Å². The van der Waals surface area contributed by atoms with E-state index in [1.165, 1.54) is 16.9 Å². The van der Waals surface area contributed by atoms with Gasteiger partial charge in [-0.15, -0.1) is 0 Å². The largest absolute Gasteiger partial charge is 0.483 e. The first-order valence-corrected chi connectivity index (χ1v) is 9.01. The number of nitrogens with zero attached hydrogens (tertiary/aromatic N) is 3. The van der Waals surface area contributed by atoms with Gasteiger partial charge in [0.2, 0.25) is 0 Å². The van der Waals surface area contributed by atoms with Crippen molar-refractivity contribution in [1.29, 1.82) is 0 Å². The summed E-state index contributed by atoms with van der Waals surface area (Å²) in [6.07, 6.45) is 1.43. The summed E-state index contributed by atoms with van der Waals surface area (Å²) < 4.78 is 50.1. The summed E-state index contributed by atoms with van der Waals surface area (Å²) in [6, 6.07) is 3.28. The second kappa shape index (κ2) is 9.35. The maximum atomic E-state index is 14.7. The number of nitrogens with one attached hydrogen (secondary N) is 1. The third-order valence-electron chi connectivity index (χ3n) is 4.36. The number of aliphatic imine (C=N–C) groups is 1. The van der Waals surface area contributed by atoms with Gasteiger partial charge in [-0.3, -0.25) is 19.3 Å². The van der Waals surface area contributed by atoms with Crippen molar-refractivity contribution in [2.75, 3.05) is 18.5 Å². The van der Waals surface area contributed by atoms with E-state index < -0.39 is 35.4 Å². The third-order valence-corrected chi connectivity index (χ3v) is 4.64. The summed E-state index contributed by atoms with van der Waals surface area (Å²) in [5, 5.41) is 13.4. The van der Waals surface area contributed by atoms with Crippen molar-refractivity contribution in [3.8, 4) is 0 Å². The van der Waals surface area contributed by atoms with Crippen LogP contribution in [0.2, 0.25) is 5.02 Å². The van der Waals surface area contributed by atoms with Crippen molar-refractivity contribution >= 4 is 35.5 Å². The molecule has 1 amide bonds. The number of carboxylic acid groups (broad SMARTS) is 1. The number of ether oxygens (including phenoxy) is 1. The highest BCUT2D eigenvalue weighted by Gasteiger charge is 2.54. The Balaban J connectivity index is 0.00000107. The molecule has 2 aromatic rings. The Hall–Kier alpha value is -3.12. The summed E-state index contributed by atoms with van der Waals surface area (Å²) >= 11 is 5.93. The number of carbonyl (C=O) groups excluding carboxylic acids is 1. The fourth-order valence-corrected chi connectivity index (χ4v) is 3.13. The molecule has 3 rings (SSSR count). The molecule has 0 bridgehead atoms. The Morgan fingerprint density at radius 1 is 1.45 bits per heavy atom. The molecule has 1 aromatic carbocycles. The van der Waals surface area contributed by atoms with Crippen molar-refractivity contribution in [3.63, 3.8) is 0 Å². The molecule has 13 heteroatoms. The second-order valence-corrected chi connectivity index (χ2v) is 7.03. The lowest BCUT2D eigenvalue weighted by Gasteiger charge is -2.33. The van der Waals surface area contributed by atoms with Crippen LogP contribution in [0.15, 0.2) is 29.4 Å². The maximum Gasteiger partial charge on any atom is 0.299 e. The molecule has 4 N–H and O–H groups in total. The zero-order valence-electron chi connectivity index (χ0n) is 16.4. The third kappa shape index (κ3) is 5.14. The number of amides is 1. The normalized spacial score (nSPS) is 20.0. The highest BCUT2D eigenvalue weighted by molar-refractivity contribution is 6.34. The molecule has 0 saturated heterocycles. The highest BCUT2D eigenvalue weighted by Crippen LogP contribution is 2.44. The van der Waals surface area contributed by atoms with Crippen LogP contribution in [-0.2, 0) is 22.1 Å². The number of hydrogen-bond donors (Lipinski definition) is 3. The van der Waals surface area contributed by atoms with Crippen molar-refractivity contribution < 1.29 is 32.6 Å². The van der Waals surface area contributed by atoms with E-state index in [0.29, 0.717) is 0 Å². The first-order valence-electron chi connectivity index (χ1n) is 8.63. The number of benzene rings is 1. The van der Waals surface area contributed by atoms with Crippen LogP contribution in [-0.4, -0.2) is 52.2 Å². The summed E-state index contributed by atoms with van der Waals surface area (Å²) in [5.74, 6) is -5.32. The Morgan fingerprint density at radius 3 is 2.68 bits per heavy atom. The quantitative estimate of drug-likeness (QED) is 0.601. The Bertz CT molecular complexity index is 1010. The molecule has 0 fully saturated rings. The first kappa shape index (κ1) is 24.2. The number of halogens is 4. The predicted octanol–water partition coefficient (Wildman–Crippen LogP) is 2.40. The minimum Gasteiger partial charge on any atom is -0.483 e. The topological polar surface area (TPSA) is 132 Å². The lowest BCUT2D eigenvalue weighted by molar-refractivity contribution is -0.122. The lowest BCUT2D eigenvalue weighted by Crippen LogP contribution is -2.45. The number of anilines is 1. The van der Waals surface area contributed by atoms with Gasteiger partial charge in [-0.25, -0.2) is 13.2 Å². The van der Waals surface area contributed by atoms with Crippen LogP contribution < -0.4 is 11.1 Å². The summed E-state index contributed by atoms with van der Waals surface area (Å²) in [7, 11) is 1.58. The molecule has 0 spiro atoms. The molecule has 0 aliphatic carbocycles. The number of aryl methyl sites for hydroxylation is 1. The molecule has 1 aromatic heterocycles. The fraction of sp³-hybridized carbons (Fsp3) is 0.333. The number of rotatable bonds is 3. The molecule has 31 heavy (non-hydrogen) atoms. The van der Waals surface area contributed by atoms with E-state index in [9.17, 15) is 18.0 Å². The van der Waals surface area contributed by atoms with Gasteiger partial charge < -0.3 is 20.9 Å². The molecular weight excluding hydrogens is 443 g/mol. The van der Waals surface area contributed by atoms with Crippen LogP contribution in [0.3, 0.4) is 0 Å². The van der Waals surface area contributed by atoms with E-state index in [2.05, 4.69) is 15.4 Å². The average Bonchev–Trinajstić information content (AvgIpc) is 2.96. The smallest absolute Gasteiger partial charge is 0.299 e. The van der Waals surface area contributed by atoms with Gasteiger partial charge in [0, 0.05) is 24.5 Å². The molecule has 1 atom stereocenters. The number of hydrogen-bond acceptors (Lipinski definition) is 6. The van der Waals surface area contributed by atoms with Crippen LogP contribution >= 0.6 is 11.6 Å². The standard InChI is InChI=1S/C17H17ClF3N5O2.CH2O2/c1-16(17(20,21)8-28-7-13(22)24-16)10-5-9(3-4-12(10)19)23-15(27)14-11(18)6-26(2)25-14;2-1-3/h3-6H,7-8H2,1-2H3,(H2,22,24)(H,23,27);1H,(H,2,3)/t16-;/m1./s1. The van der Waals surface area contributed by atoms with Crippen molar-refractivity contribution in [2.45, 2.75) is 18.4 Å². The van der Waals surface area contributed by atoms with Crippen LogP contribution in [0.5, 0.6) is 0 Å². The Kier molecular flexibility index (Phi) is 7.28. The number of nitrogens with two attached hydrogens (primary N) is 1. The maximum absolute atomic E-state index is 14.7. The predicted molar refractivity (Wildman–Crippen MR) is 106 cm³/mol. The molecule has 1 aliphatic rings. The number of carbonyl (C=O) groups is 2. The molecular formula is C18H19ClF3N5O4. The SMILES string of the molecule is Cn1cc(Cl)c(C(=O)Nc2ccc(F)c([C@@]3(C)N=C(N)COCC3(F)F)c2)n1.O=CO. The van der Waals surface area contributed by atoms with E-state index in [0.717, 1.165) is 19.1 Å².